The number of rotatable bonds is 7. The summed E-state index contributed by atoms with van der Waals surface area (Å²) in [5.74, 6) is -2.81. The van der Waals surface area contributed by atoms with Crippen LogP contribution in [0.4, 0.5) is 9.18 Å². The van der Waals surface area contributed by atoms with E-state index in [1.54, 1.807) is 0 Å². The zero-order chi connectivity index (χ0) is 20.2. The summed E-state index contributed by atoms with van der Waals surface area (Å²) in [6.07, 6.45) is -0.0135. The predicted octanol–water partition coefficient (Wildman–Crippen LogP) is 0.387. The number of carbonyl (C=O) groups is 3. The second-order valence-electron chi connectivity index (χ2n) is 5.56. The Morgan fingerprint density at radius 3 is 2.78 bits per heavy atom. The Labute approximate surface area is 155 Å². The molecule has 1 unspecified atom stereocenters. The van der Waals surface area contributed by atoms with Gasteiger partial charge in [0.25, 0.3) is 5.91 Å². The summed E-state index contributed by atoms with van der Waals surface area (Å²) >= 11 is 0. The number of nitrogens with one attached hydrogen (secondary N) is 2. The summed E-state index contributed by atoms with van der Waals surface area (Å²) in [5.41, 5.74) is -0.263. The van der Waals surface area contributed by atoms with E-state index in [1.807, 2.05) is 0 Å². The molecule has 1 aromatic carbocycles. The Hall–Kier alpha value is -2.79. The first-order valence-electron chi connectivity index (χ1n) is 7.87. The van der Waals surface area contributed by atoms with Crippen LogP contribution in [-0.2, 0) is 19.6 Å². The highest BCUT2D eigenvalue weighted by Crippen LogP contribution is 2.18. The number of urea groups is 1. The number of carbonyl (C=O) groups excluding carboxylic acids is 3. The molecule has 1 atom stereocenters. The molecule has 0 saturated carbocycles. The van der Waals surface area contributed by atoms with Gasteiger partial charge in [-0.25, -0.2) is 27.1 Å². The average Bonchev–Trinajstić information content (AvgIpc) is 3.05. The summed E-state index contributed by atoms with van der Waals surface area (Å²) in [6, 6.07) is 2.05. The third kappa shape index (κ3) is 4.68. The van der Waals surface area contributed by atoms with E-state index in [0.717, 1.165) is 23.1 Å². The smallest absolute Gasteiger partial charge is 0.338 e. The predicted molar refractivity (Wildman–Crippen MR) is 91.8 cm³/mol. The first kappa shape index (κ1) is 20.5. The summed E-state index contributed by atoms with van der Waals surface area (Å²) in [6.45, 7) is 4.95. The maximum Gasteiger partial charge on any atom is 0.338 e. The van der Waals surface area contributed by atoms with E-state index >= 15 is 0 Å². The molecule has 2 rings (SSSR count). The van der Waals surface area contributed by atoms with Gasteiger partial charge in [-0.3, -0.25) is 9.69 Å². The number of amides is 3. The molecule has 11 heteroatoms. The monoisotopic (exact) mass is 399 g/mol. The standard InChI is InChI=1S/C16H18FN3O6S/c1-3-6-19-27(24,25)13-9-11(4-5-12(13)17)15(22)26-10(2)14(21)20-8-7-18-16(20)23/h3-5,9-10,19H,1,6-8H2,2H3,(H,18,23). The number of sulfonamides is 1. The second-order valence-corrected chi connectivity index (χ2v) is 7.29. The first-order chi connectivity index (χ1) is 12.7. The van der Waals surface area contributed by atoms with Gasteiger partial charge in [-0.15, -0.1) is 6.58 Å². The number of nitrogens with zero attached hydrogens (tertiary/aromatic N) is 1. The molecular weight excluding hydrogens is 381 g/mol. The zero-order valence-corrected chi connectivity index (χ0v) is 15.2. The number of esters is 1. The molecule has 3 amide bonds. The van der Waals surface area contributed by atoms with Gasteiger partial charge in [-0.2, -0.15) is 0 Å². The van der Waals surface area contributed by atoms with Crippen molar-refractivity contribution in [3.8, 4) is 0 Å². The fourth-order valence-corrected chi connectivity index (χ4v) is 3.36. The highest BCUT2D eigenvalue weighted by Gasteiger charge is 2.32. The van der Waals surface area contributed by atoms with Crippen molar-refractivity contribution in [3.05, 3.63) is 42.2 Å². The number of hydrogen-bond donors (Lipinski definition) is 2. The van der Waals surface area contributed by atoms with Gasteiger partial charge in [0, 0.05) is 19.6 Å². The maximum absolute atomic E-state index is 13.9. The van der Waals surface area contributed by atoms with E-state index in [1.165, 1.54) is 13.0 Å². The molecular formula is C16H18FN3O6S. The number of hydrogen-bond acceptors (Lipinski definition) is 6. The number of imide groups is 1. The Morgan fingerprint density at radius 1 is 1.48 bits per heavy atom. The molecule has 1 aromatic rings. The van der Waals surface area contributed by atoms with Crippen LogP contribution in [0.2, 0.25) is 0 Å². The zero-order valence-electron chi connectivity index (χ0n) is 14.4. The molecule has 0 aromatic heterocycles. The van der Waals surface area contributed by atoms with Crippen LogP contribution in [0.1, 0.15) is 17.3 Å². The molecule has 1 aliphatic heterocycles. The van der Waals surface area contributed by atoms with Crippen LogP contribution >= 0.6 is 0 Å². The topological polar surface area (TPSA) is 122 Å². The molecule has 2 N–H and O–H groups in total. The normalized spacial score (nSPS) is 15.2. The summed E-state index contributed by atoms with van der Waals surface area (Å²) in [4.78, 5) is 36.0. The van der Waals surface area contributed by atoms with Crippen molar-refractivity contribution in [2.24, 2.45) is 0 Å². The van der Waals surface area contributed by atoms with E-state index in [0.29, 0.717) is 6.54 Å². The van der Waals surface area contributed by atoms with Crippen LogP contribution < -0.4 is 10.0 Å². The van der Waals surface area contributed by atoms with Gasteiger partial charge in [0.05, 0.1) is 5.56 Å². The summed E-state index contributed by atoms with van der Waals surface area (Å²) < 4.78 is 45.1. The average molecular weight is 399 g/mol. The molecule has 0 bridgehead atoms. The summed E-state index contributed by atoms with van der Waals surface area (Å²) in [7, 11) is -4.21. The SMILES string of the molecule is C=CCNS(=O)(=O)c1cc(C(=O)OC(C)C(=O)N2CCNC2=O)ccc1F. The van der Waals surface area contributed by atoms with Crippen LogP contribution in [-0.4, -0.2) is 57.0 Å². The maximum atomic E-state index is 13.9. The lowest BCUT2D eigenvalue weighted by atomic mass is 10.2. The van der Waals surface area contributed by atoms with Gasteiger partial charge >= 0.3 is 12.0 Å². The third-order valence-electron chi connectivity index (χ3n) is 3.63. The molecule has 0 spiro atoms. The molecule has 1 aliphatic rings. The van der Waals surface area contributed by atoms with Gasteiger partial charge < -0.3 is 10.1 Å². The van der Waals surface area contributed by atoms with Crippen LogP contribution in [0.25, 0.3) is 0 Å². The minimum absolute atomic E-state index is 0.125. The van der Waals surface area contributed by atoms with Crippen molar-refractivity contribution in [1.82, 2.24) is 14.9 Å². The lowest BCUT2D eigenvalue weighted by Crippen LogP contribution is -2.41. The second kappa shape index (κ2) is 8.27. The molecule has 1 saturated heterocycles. The van der Waals surface area contributed by atoms with Crippen molar-refractivity contribution < 1.29 is 31.9 Å². The highest BCUT2D eigenvalue weighted by molar-refractivity contribution is 7.89. The van der Waals surface area contributed by atoms with E-state index in [9.17, 15) is 27.2 Å². The fourth-order valence-electron chi connectivity index (χ4n) is 2.26. The van der Waals surface area contributed by atoms with Gasteiger partial charge in [-0.05, 0) is 25.1 Å². The van der Waals surface area contributed by atoms with Crippen LogP contribution in [0, 0.1) is 5.82 Å². The number of ether oxygens (including phenoxy) is 1. The Kier molecular flexibility index (Phi) is 6.28. The Morgan fingerprint density at radius 2 is 2.19 bits per heavy atom. The van der Waals surface area contributed by atoms with Crippen LogP contribution in [0.5, 0.6) is 0 Å². The van der Waals surface area contributed by atoms with Crippen molar-refractivity contribution in [3.63, 3.8) is 0 Å². The van der Waals surface area contributed by atoms with Crippen molar-refractivity contribution in [2.75, 3.05) is 19.6 Å². The Balaban J connectivity index is 2.17. The number of benzene rings is 1. The van der Waals surface area contributed by atoms with Crippen molar-refractivity contribution >= 4 is 27.9 Å². The van der Waals surface area contributed by atoms with Crippen LogP contribution in [0.15, 0.2) is 35.7 Å². The lowest BCUT2D eigenvalue weighted by Gasteiger charge is -2.18. The van der Waals surface area contributed by atoms with Crippen LogP contribution in [0.3, 0.4) is 0 Å². The molecule has 27 heavy (non-hydrogen) atoms. The fraction of sp³-hybridized carbons (Fsp3) is 0.312. The molecule has 1 heterocycles. The van der Waals surface area contributed by atoms with Gasteiger partial charge in [0.2, 0.25) is 10.0 Å². The molecule has 0 aliphatic carbocycles. The van der Waals surface area contributed by atoms with Gasteiger partial charge in [-0.1, -0.05) is 6.08 Å². The van der Waals surface area contributed by atoms with Crippen molar-refractivity contribution in [2.45, 2.75) is 17.9 Å². The third-order valence-corrected chi connectivity index (χ3v) is 5.07. The van der Waals surface area contributed by atoms with Gasteiger partial charge in [0.15, 0.2) is 6.10 Å². The minimum Gasteiger partial charge on any atom is -0.449 e. The van der Waals surface area contributed by atoms with Crippen molar-refractivity contribution in [1.29, 1.82) is 0 Å². The quantitative estimate of drug-likeness (QED) is 0.505. The lowest BCUT2D eigenvalue weighted by molar-refractivity contribution is -0.136. The molecule has 146 valence electrons. The molecule has 0 radical (unpaired) electrons. The largest absolute Gasteiger partial charge is 0.449 e. The first-order valence-corrected chi connectivity index (χ1v) is 9.36. The highest BCUT2D eigenvalue weighted by atomic mass is 32.2. The Bertz CT molecular complexity index is 886. The van der Waals surface area contributed by atoms with Gasteiger partial charge in [0.1, 0.15) is 10.7 Å². The summed E-state index contributed by atoms with van der Waals surface area (Å²) in [5, 5.41) is 2.44. The molecule has 1 fully saturated rings. The number of halogens is 1. The van der Waals surface area contributed by atoms with E-state index in [2.05, 4.69) is 16.6 Å². The molecule has 9 nitrogen and oxygen atoms in total. The van der Waals surface area contributed by atoms with E-state index in [-0.39, 0.29) is 18.7 Å². The van der Waals surface area contributed by atoms with E-state index in [4.69, 9.17) is 4.74 Å². The van der Waals surface area contributed by atoms with E-state index < -0.39 is 44.7 Å². The minimum atomic E-state index is -4.21.